The molecule has 3 saturated heterocycles. The van der Waals surface area contributed by atoms with Crippen molar-refractivity contribution in [3.63, 3.8) is 0 Å². The molecular formula is C49H68N8O12. The number of hydrogen-bond acceptors (Lipinski definition) is 11. The van der Waals surface area contributed by atoms with Crippen molar-refractivity contribution in [3.8, 4) is 5.75 Å². The van der Waals surface area contributed by atoms with E-state index in [0.717, 1.165) is 5.56 Å². The number of rotatable bonds is 22. The van der Waals surface area contributed by atoms with E-state index in [1.165, 1.54) is 26.8 Å². The van der Waals surface area contributed by atoms with Gasteiger partial charge in [-0.25, -0.2) is 4.79 Å². The summed E-state index contributed by atoms with van der Waals surface area (Å²) in [6.07, 6.45) is 1.96. The number of nitrogens with two attached hydrogens (primary N) is 1. The van der Waals surface area contributed by atoms with Crippen molar-refractivity contribution < 1.29 is 58.5 Å². The second kappa shape index (κ2) is 24.6. The molecule has 0 unspecified atom stereocenters. The van der Waals surface area contributed by atoms with E-state index in [1.807, 2.05) is 6.92 Å². The van der Waals surface area contributed by atoms with E-state index in [1.54, 1.807) is 63.2 Å². The van der Waals surface area contributed by atoms with Crippen LogP contribution in [0.25, 0.3) is 0 Å². The molecule has 0 saturated carbocycles. The highest BCUT2D eigenvalue weighted by molar-refractivity contribution is 5.98. The second-order valence-corrected chi connectivity index (χ2v) is 18.7. The lowest BCUT2D eigenvalue weighted by molar-refractivity contribution is -0.150. The lowest BCUT2D eigenvalue weighted by Gasteiger charge is -2.33. The summed E-state index contributed by atoms with van der Waals surface area (Å²) in [6.45, 7) is 7.48. The summed E-state index contributed by atoms with van der Waals surface area (Å²) in [6, 6.07) is 6.05. The summed E-state index contributed by atoms with van der Waals surface area (Å²) in [5.41, 5.74) is 7.72. The van der Waals surface area contributed by atoms with Crippen molar-refractivity contribution in [3.05, 3.63) is 65.7 Å². The number of carboxylic acids is 2. The Kier molecular flexibility index (Phi) is 19.1. The molecule has 9 N–H and O–H groups in total. The fourth-order valence-electron chi connectivity index (χ4n) is 9.29. The first-order valence-corrected chi connectivity index (χ1v) is 24.0. The van der Waals surface area contributed by atoms with Crippen LogP contribution in [0.4, 0.5) is 0 Å². The number of phenols is 1. The predicted molar refractivity (Wildman–Crippen MR) is 251 cm³/mol. The molecule has 2 aromatic rings. The van der Waals surface area contributed by atoms with E-state index in [0.29, 0.717) is 37.7 Å². The Morgan fingerprint density at radius 1 is 0.623 bits per heavy atom. The minimum absolute atomic E-state index is 0.00563. The second-order valence-electron chi connectivity index (χ2n) is 18.7. The molecule has 376 valence electrons. The van der Waals surface area contributed by atoms with Gasteiger partial charge in [0, 0.05) is 32.5 Å². The fraction of sp³-hybridized carbons (Fsp3) is 0.571. The summed E-state index contributed by atoms with van der Waals surface area (Å²) in [5.74, 6) is -7.81. The molecule has 0 bridgehead atoms. The van der Waals surface area contributed by atoms with Crippen LogP contribution in [0.15, 0.2) is 54.6 Å². The van der Waals surface area contributed by atoms with Crippen LogP contribution in [0.1, 0.15) is 96.6 Å². The Morgan fingerprint density at radius 2 is 1.16 bits per heavy atom. The molecule has 20 nitrogen and oxygen atoms in total. The van der Waals surface area contributed by atoms with Crippen LogP contribution in [-0.2, 0) is 56.0 Å². The first-order chi connectivity index (χ1) is 32.8. The van der Waals surface area contributed by atoms with Gasteiger partial charge in [0.15, 0.2) is 0 Å². The number of carbonyl (C=O) groups excluding carboxylic acids is 7. The van der Waals surface area contributed by atoms with Gasteiger partial charge < -0.3 is 57.0 Å². The zero-order chi connectivity index (χ0) is 50.5. The number of carboxylic acid groups (broad SMARTS) is 2. The van der Waals surface area contributed by atoms with Crippen LogP contribution in [0, 0.1) is 11.8 Å². The number of phenolic OH excluding ortho intramolecular Hbond substituents is 1. The number of amides is 7. The van der Waals surface area contributed by atoms with E-state index >= 15 is 0 Å². The predicted octanol–water partition coefficient (Wildman–Crippen LogP) is 1.07. The first kappa shape index (κ1) is 53.4. The SMILES string of the molecule is CC[C@H](C)[C@H](NC(=O)[C@@H]1CCCN1C(=O)[C@H](CCC(=O)O)NC(=O)[C@@H](NC(=O)[C@H](Cc1ccccc1)NC(=O)[C@@H]1CCCN1C(=O)[C@@H](N)Cc1ccc(O)cc1)C(C)C)C(=O)N1CCC[C@H]1C(=O)O. The van der Waals surface area contributed by atoms with Crippen LogP contribution in [0.2, 0.25) is 0 Å². The van der Waals surface area contributed by atoms with E-state index in [2.05, 4.69) is 21.3 Å². The summed E-state index contributed by atoms with van der Waals surface area (Å²) < 4.78 is 0. The van der Waals surface area contributed by atoms with Crippen molar-refractivity contribution in [1.29, 1.82) is 0 Å². The lowest BCUT2D eigenvalue weighted by Crippen LogP contribution is -2.61. The van der Waals surface area contributed by atoms with Gasteiger partial charge in [0.05, 0.1) is 6.04 Å². The Hall–Kier alpha value is -6.57. The third kappa shape index (κ3) is 14.0. The van der Waals surface area contributed by atoms with E-state index < -0.39 is 114 Å². The molecule has 5 rings (SSSR count). The smallest absolute Gasteiger partial charge is 0.326 e. The van der Waals surface area contributed by atoms with Gasteiger partial charge in [-0.2, -0.15) is 0 Å². The Bertz CT molecular complexity index is 2170. The van der Waals surface area contributed by atoms with Crippen molar-refractivity contribution in [2.75, 3.05) is 19.6 Å². The normalized spacial score (nSPS) is 20.6. The highest BCUT2D eigenvalue weighted by Crippen LogP contribution is 2.25. The van der Waals surface area contributed by atoms with Gasteiger partial charge in [-0.1, -0.05) is 76.6 Å². The van der Waals surface area contributed by atoms with Gasteiger partial charge in [-0.15, -0.1) is 0 Å². The molecule has 3 fully saturated rings. The van der Waals surface area contributed by atoms with Crippen molar-refractivity contribution in [2.24, 2.45) is 17.6 Å². The van der Waals surface area contributed by atoms with E-state index in [-0.39, 0.29) is 63.4 Å². The maximum Gasteiger partial charge on any atom is 0.326 e. The quantitative estimate of drug-likeness (QED) is 0.0821. The highest BCUT2D eigenvalue weighted by atomic mass is 16.4. The standard InChI is InChI=1S/C49H68N8O12/c1-5-29(4)41(48(67)57-25-11-16-38(57)49(68)69)54-44(63)37-15-10-24-56(37)47(66)34(21-22-39(59)60)51-45(64)40(28(2)3)53-42(61)35(27-30-12-7-6-8-13-30)52-43(62)36-14-9-23-55(36)46(65)33(50)26-31-17-19-32(58)20-18-31/h6-8,12-13,17-20,28-29,33-38,40-41,58H,5,9-11,14-16,21-27,50H2,1-4H3,(H,51,64)(H,52,62)(H,53,61)(H,54,63)(H,59,60)(H,68,69)/t29-,33-,34-,35-,36-,37-,38-,40-,41-/m0/s1. The Labute approximate surface area is 402 Å². The largest absolute Gasteiger partial charge is 0.508 e. The molecule has 3 aliphatic rings. The number of aromatic hydroxyl groups is 1. The lowest BCUT2D eigenvalue weighted by atomic mass is 9.96. The molecule has 3 aliphatic heterocycles. The average molecular weight is 961 g/mol. The van der Waals surface area contributed by atoms with Gasteiger partial charge in [-0.3, -0.25) is 38.4 Å². The zero-order valence-corrected chi connectivity index (χ0v) is 39.8. The molecule has 7 amide bonds. The van der Waals surface area contributed by atoms with Crippen LogP contribution < -0.4 is 27.0 Å². The molecular weight excluding hydrogens is 893 g/mol. The Morgan fingerprint density at radius 3 is 1.71 bits per heavy atom. The van der Waals surface area contributed by atoms with E-state index in [4.69, 9.17) is 5.73 Å². The van der Waals surface area contributed by atoms with Crippen molar-refractivity contribution in [2.45, 2.75) is 147 Å². The molecule has 0 aromatic heterocycles. The molecule has 0 radical (unpaired) electrons. The van der Waals surface area contributed by atoms with Crippen molar-refractivity contribution >= 4 is 53.3 Å². The summed E-state index contributed by atoms with van der Waals surface area (Å²) in [5, 5.41) is 40.0. The summed E-state index contributed by atoms with van der Waals surface area (Å²) in [4.78, 5) is 126. The van der Waals surface area contributed by atoms with Crippen molar-refractivity contribution in [1.82, 2.24) is 36.0 Å². The number of nitrogens with zero attached hydrogens (tertiary/aromatic N) is 3. The molecule has 9 atom stereocenters. The molecule has 0 spiro atoms. The average Bonchev–Trinajstić information content (AvgIpc) is 4.13. The number of nitrogens with one attached hydrogen (secondary N) is 4. The third-order valence-electron chi connectivity index (χ3n) is 13.4. The molecule has 0 aliphatic carbocycles. The number of aliphatic carboxylic acids is 2. The van der Waals surface area contributed by atoms with Gasteiger partial charge >= 0.3 is 11.9 Å². The summed E-state index contributed by atoms with van der Waals surface area (Å²) >= 11 is 0. The highest BCUT2D eigenvalue weighted by Gasteiger charge is 2.44. The molecule has 69 heavy (non-hydrogen) atoms. The minimum Gasteiger partial charge on any atom is -0.508 e. The van der Waals surface area contributed by atoms with Crippen LogP contribution in [0.5, 0.6) is 5.75 Å². The monoisotopic (exact) mass is 960 g/mol. The molecule has 3 heterocycles. The fourth-order valence-corrected chi connectivity index (χ4v) is 9.29. The van der Waals surface area contributed by atoms with Crippen LogP contribution in [-0.4, -0.2) is 151 Å². The maximum absolute atomic E-state index is 14.4. The Balaban J connectivity index is 1.30. The van der Waals surface area contributed by atoms with Gasteiger partial charge in [0.2, 0.25) is 41.4 Å². The number of likely N-dealkylation sites (tertiary alicyclic amines) is 3. The molecule has 20 heteroatoms. The van der Waals surface area contributed by atoms with Gasteiger partial charge in [-0.05, 0) is 86.5 Å². The number of benzene rings is 2. The zero-order valence-electron chi connectivity index (χ0n) is 39.8. The number of carbonyl (C=O) groups is 9. The van der Waals surface area contributed by atoms with Crippen LogP contribution in [0.3, 0.4) is 0 Å². The van der Waals surface area contributed by atoms with Gasteiger partial charge in [0.25, 0.3) is 0 Å². The minimum atomic E-state index is -1.45. The van der Waals surface area contributed by atoms with E-state index in [9.17, 15) is 58.5 Å². The maximum atomic E-state index is 14.4. The first-order valence-electron chi connectivity index (χ1n) is 24.0. The van der Waals surface area contributed by atoms with Crippen LogP contribution >= 0.6 is 0 Å². The molecule has 2 aromatic carbocycles. The topological polar surface area (TPSA) is 298 Å². The van der Waals surface area contributed by atoms with Gasteiger partial charge in [0.1, 0.15) is 48.0 Å². The number of hydrogen-bond donors (Lipinski definition) is 8. The summed E-state index contributed by atoms with van der Waals surface area (Å²) in [7, 11) is 0. The third-order valence-corrected chi connectivity index (χ3v) is 13.4.